The lowest BCUT2D eigenvalue weighted by molar-refractivity contribution is 0.585. The highest BCUT2D eigenvalue weighted by molar-refractivity contribution is 5.66. The number of halogens is 2. The van der Waals surface area contributed by atoms with E-state index in [-0.39, 0.29) is 5.56 Å². The fourth-order valence-corrected chi connectivity index (χ4v) is 2.12. The fourth-order valence-electron chi connectivity index (χ4n) is 2.12. The Morgan fingerprint density at radius 3 is 2.68 bits per heavy atom. The summed E-state index contributed by atoms with van der Waals surface area (Å²) in [7, 11) is 0. The number of hydrogen-bond donors (Lipinski definition) is 1. The molecule has 0 aliphatic carbocycles. The first-order chi connectivity index (χ1) is 9.04. The smallest absolute Gasteiger partial charge is 0.140 e. The highest BCUT2D eigenvalue weighted by Crippen LogP contribution is 2.24. The molecule has 2 aromatic heterocycles. The van der Waals surface area contributed by atoms with Crippen LogP contribution in [0.3, 0.4) is 0 Å². The van der Waals surface area contributed by atoms with Gasteiger partial charge < -0.3 is 10.1 Å². The Hall–Kier alpha value is -2.43. The first-order valence-electron chi connectivity index (χ1n) is 5.75. The zero-order valence-electron chi connectivity index (χ0n) is 10.2. The zero-order chi connectivity index (χ0) is 13.6. The number of imidazole rings is 1. The van der Waals surface area contributed by atoms with Gasteiger partial charge in [0.05, 0.1) is 5.69 Å². The van der Waals surface area contributed by atoms with E-state index in [4.69, 9.17) is 5.73 Å². The number of rotatable bonds is 1. The maximum absolute atomic E-state index is 13.7. The van der Waals surface area contributed by atoms with Crippen LogP contribution in [0.5, 0.6) is 0 Å². The first-order valence-corrected chi connectivity index (χ1v) is 5.75. The quantitative estimate of drug-likeness (QED) is 0.729. The Balaban J connectivity index is 2.23. The van der Waals surface area contributed by atoms with Gasteiger partial charge in [-0.05, 0) is 30.7 Å². The molecule has 0 radical (unpaired) electrons. The molecule has 96 valence electrons. The van der Waals surface area contributed by atoms with Crippen molar-refractivity contribution in [3.8, 4) is 11.3 Å². The summed E-state index contributed by atoms with van der Waals surface area (Å²) in [5.41, 5.74) is 8.67. The minimum absolute atomic E-state index is 0.267. The Morgan fingerprint density at radius 2 is 1.95 bits per heavy atom. The second kappa shape index (κ2) is 4.05. The van der Waals surface area contributed by atoms with Gasteiger partial charge in [0.1, 0.15) is 17.3 Å². The second-order valence-electron chi connectivity index (χ2n) is 4.44. The molecular formula is C14H11F2N3. The van der Waals surface area contributed by atoms with Gasteiger partial charge in [0.2, 0.25) is 0 Å². The van der Waals surface area contributed by atoms with E-state index in [0.29, 0.717) is 17.0 Å². The maximum atomic E-state index is 13.7. The van der Waals surface area contributed by atoms with Gasteiger partial charge in [0.15, 0.2) is 0 Å². The lowest BCUT2D eigenvalue weighted by Gasteiger charge is -1.98. The van der Waals surface area contributed by atoms with E-state index in [0.717, 1.165) is 11.6 Å². The van der Waals surface area contributed by atoms with E-state index in [1.165, 1.54) is 12.1 Å². The van der Waals surface area contributed by atoms with Gasteiger partial charge in [-0.25, -0.2) is 13.8 Å². The monoisotopic (exact) mass is 259 g/mol. The third-order valence-electron chi connectivity index (χ3n) is 2.96. The Labute approximate surface area is 108 Å². The Kier molecular flexibility index (Phi) is 2.48. The van der Waals surface area contributed by atoms with Gasteiger partial charge in [0, 0.05) is 29.7 Å². The van der Waals surface area contributed by atoms with Crippen LogP contribution in [0, 0.1) is 18.6 Å². The SMILES string of the molecule is Cc1cc(N)cn2cc(-c3ccc(F)cc3F)nc12. The van der Waals surface area contributed by atoms with Crippen LogP contribution in [0.4, 0.5) is 14.5 Å². The van der Waals surface area contributed by atoms with Crippen LogP contribution in [0.25, 0.3) is 16.9 Å². The third-order valence-corrected chi connectivity index (χ3v) is 2.96. The van der Waals surface area contributed by atoms with Crippen LogP contribution in [0.2, 0.25) is 0 Å². The third kappa shape index (κ3) is 1.93. The minimum Gasteiger partial charge on any atom is -0.398 e. The largest absolute Gasteiger partial charge is 0.398 e. The maximum Gasteiger partial charge on any atom is 0.140 e. The number of aryl methyl sites for hydroxylation is 1. The van der Waals surface area contributed by atoms with Crippen molar-refractivity contribution in [2.45, 2.75) is 6.92 Å². The number of nitrogens with zero attached hydrogens (tertiary/aromatic N) is 2. The molecule has 0 saturated heterocycles. The molecule has 0 amide bonds. The molecule has 3 nitrogen and oxygen atoms in total. The minimum atomic E-state index is -0.631. The predicted octanol–water partition coefficient (Wildman–Crippen LogP) is 3.17. The summed E-state index contributed by atoms with van der Waals surface area (Å²) in [4.78, 5) is 4.36. The number of hydrogen-bond acceptors (Lipinski definition) is 2. The van der Waals surface area contributed by atoms with Crippen LogP contribution in [-0.2, 0) is 0 Å². The van der Waals surface area contributed by atoms with E-state index >= 15 is 0 Å². The van der Waals surface area contributed by atoms with Crippen molar-refractivity contribution in [1.29, 1.82) is 0 Å². The summed E-state index contributed by atoms with van der Waals surface area (Å²) in [5, 5.41) is 0. The molecular weight excluding hydrogens is 248 g/mol. The molecule has 0 fully saturated rings. The summed E-state index contributed by atoms with van der Waals surface area (Å²) >= 11 is 0. The average Bonchev–Trinajstić information content (AvgIpc) is 2.72. The number of nitrogen functional groups attached to an aromatic ring is 1. The van der Waals surface area contributed by atoms with Gasteiger partial charge in [0.25, 0.3) is 0 Å². The van der Waals surface area contributed by atoms with E-state index in [1.54, 1.807) is 22.9 Å². The van der Waals surface area contributed by atoms with Crippen molar-refractivity contribution in [3.05, 3.63) is 53.9 Å². The lowest BCUT2D eigenvalue weighted by atomic mass is 10.1. The molecule has 0 saturated carbocycles. The van der Waals surface area contributed by atoms with Crippen LogP contribution in [-0.4, -0.2) is 9.38 Å². The summed E-state index contributed by atoms with van der Waals surface area (Å²) < 4.78 is 28.4. The standard InChI is InChI=1S/C14H11F2N3/c1-8-4-10(17)6-19-7-13(18-14(8)19)11-3-2-9(15)5-12(11)16/h2-7H,17H2,1H3. The fraction of sp³-hybridized carbons (Fsp3) is 0.0714. The molecule has 19 heavy (non-hydrogen) atoms. The molecule has 0 spiro atoms. The van der Waals surface area contributed by atoms with E-state index < -0.39 is 11.6 Å². The normalized spacial score (nSPS) is 11.1. The van der Waals surface area contributed by atoms with Crippen LogP contribution < -0.4 is 5.73 Å². The second-order valence-corrected chi connectivity index (χ2v) is 4.44. The average molecular weight is 259 g/mol. The number of nitrogens with two attached hydrogens (primary N) is 1. The van der Waals surface area contributed by atoms with Crippen molar-refractivity contribution in [2.75, 3.05) is 5.73 Å². The molecule has 0 unspecified atom stereocenters. The van der Waals surface area contributed by atoms with Gasteiger partial charge in [-0.1, -0.05) is 0 Å². The molecule has 0 aliphatic rings. The molecule has 2 heterocycles. The molecule has 5 heteroatoms. The van der Waals surface area contributed by atoms with Crippen LogP contribution in [0.1, 0.15) is 5.56 Å². The molecule has 0 bridgehead atoms. The number of aromatic nitrogens is 2. The first kappa shape index (κ1) is 11.6. The summed E-state index contributed by atoms with van der Waals surface area (Å²) in [6.07, 6.45) is 3.38. The van der Waals surface area contributed by atoms with Crippen LogP contribution >= 0.6 is 0 Å². The Morgan fingerprint density at radius 1 is 1.16 bits per heavy atom. The van der Waals surface area contributed by atoms with Gasteiger partial charge in [-0.3, -0.25) is 0 Å². The summed E-state index contributed by atoms with van der Waals surface area (Å²) in [6, 6.07) is 5.24. The number of fused-ring (bicyclic) bond motifs is 1. The van der Waals surface area contributed by atoms with Gasteiger partial charge >= 0.3 is 0 Å². The lowest BCUT2D eigenvalue weighted by Crippen LogP contribution is -1.92. The molecule has 0 aliphatic heterocycles. The van der Waals surface area contributed by atoms with Crippen molar-refractivity contribution < 1.29 is 8.78 Å². The molecule has 3 rings (SSSR count). The predicted molar refractivity (Wildman–Crippen MR) is 69.7 cm³/mol. The highest BCUT2D eigenvalue weighted by atomic mass is 19.1. The van der Waals surface area contributed by atoms with Crippen molar-refractivity contribution in [2.24, 2.45) is 0 Å². The molecule has 3 aromatic rings. The van der Waals surface area contributed by atoms with E-state index in [1.807, 2.05) is 6.92 Å². The topological polar surface area (TPSA) is 43.3 Å². The molecule has 0 atom stereocenters. The van der Waals surface area contributed by atoms with E-state index in [2.05, 4.69) is 4.98 Å². The van der Waals surface area contributed by atoms with Gasteiger partial charge in [-0.15, -0.1) is 0 Å². The highest BCUT2D eigenvalue weighted by Gasteiger charge is 2.11. The van der Waals surface area contributed by atoms with Crippen LogP contribution in [0.15, 0.2) is 36.7 Å². The Bertz CT molecular complexity index is 778. The van der Waals surface area contributed by atoms with E-state index in [9.17, 15) is 8.78 Å². The summed E-state index contributed by atoms with van der Waals surface area (Å²) in [5.74, 6) is -1.24. The van der Waals surface area contributed by atoms with Gasteiger partial charge in [-0.2, -0.15) is 0 Å². The number of benzene rings is 1. The van der Waals surface area contributed by atoms with Crippen molar-refractivity contribution >= 4 is 11.3 Å². The number of pyridine rings is 1. The summed E-state index contributed by atoms with van der Waals surface area (Å²) in [6.45, 7) is 1.88. The number of anilines is 1. The zero-order valence-corrected chi connectivity index (χ0v) is 10.2. The van der Waals surface area contributed by atoms with Crippen molar-refractivity contribution in [1.82, 2.24) is 9.38 Å². The molecule has 2 N–H and O–H groups in total. The van der Waals surface area contributed by atoms with Crippen molar-refractivity contribution in [3.63, 3.8) is 0 Å². The molecule has 1 aromatic carbocycles.